The molecule has 5 rings (SSSR count). The first-order chi connectivity index (χ1) is 20.7. The van der Waals surface area contributed by atoms with Crippen molar-refractivity contribution in [3.63, 3.8) is 0 Å². The molecule has 3 N–H and O–H groups in total. The van der Waals surface area contributed by atoms with E-state index in [-0.39, 0.29) is 25.2 Å². The first-order valence-corrected chi connectivity index (χ1v) is 14.1. The Morgan fingerprint density at radius 3 is 2.77 bits per heavy atom. The zero-order valence-corrected chi connectivity index (χ0v) is 24.7. The molecule has 3 aromatic rings. The number of likely N-dealkylation sites (N-methyl/N-ethyl adjacent to an activating group) is 1. The van der Waals surface area contributed by atoms with E-state index in [1.165, 1.54) is 17.3 Å². The summed E-state index contributed by atoms with van der Waals surface area (Å²) in [7, 11) is 2.12. The van der Waals surface area contributed by atoms with Crippen molar-refractivity contribution in [1.29, 1.82) is 5.26 Å². The van der Waals surface area contributed by atoms with Gasteiger partial charge in [-0.05, 0) is 44.3 Å². The highest BCUT2D eigenvalue weighted by Crippen LogP contribution is 2.39. The Morgan fingerprint density at radius 1 is 1.26 bits per heavy atom. The van der Waals surface area contributed by atoms with Crippen molar-refractivity contribution >= 4 is 29.0 Å². The summed E-state index contributed by atoms with van der Waals surface area (Å²) in [4.78, 5) is 35.7. The van der Waals surface area contributed by atoms with Crippen LogP contribution in [0, 0.1) is 11.3 Å². The molecular formula is C30H37N9O4. The number of hydrazine groups is 1. The second-order valence-corrected chi connectivity index (χ2v) is 11.0. The fourth-order valence-electron chi connectivity index (χ4n) is 4.91. The van der Waals surface area contributed by atoms with Crippen LogP contribution in [0.15, 0.2) is 54.0 Å². The maximum absolute atomic E-state index is 12.7. The summed E-state index contributed by atoms with van der Waals surface area (Å²) in [5.74, 6) is 1.50. The minimum atomic E-state index is -0.922. The van der Waals surface area contributed by atoms with Gasteiger partial charge in [-0.15, -0.1) is 6.58 Å². The molecule has 13 heteroatoms. The van der Waals surface area contributed by atoms with Gasteiger partial charge in [0.15, 0.2) is 5.43 Å². The van der Waals surface area contributed by atoms with Gasteiger partial charge in [0.05, 0.1) is 44.0 Å². The third-order valence-electron chi connectivity index (χ3n) is 7.33. The summed E-state index contributed by atoms with van der Waals surface area (Å²) in [5.41, 5.74) is 2.13. The van der Waals surface area contributed by atoms with Crippen LogP contribution in [0.1, 0.15) is 25.1 Å². The van der Waals surface area contributed by atoms with E-state index in [9.17, 15) is 15.2 Å². The number of rotatable bonds is 11. The Bertz CT molecular complexity index is 1560. The molecule has 0 spiro atoms. The average molecular weight is 588 g/mol. The number of hydrogen-bond donors (Lipinski definition) is 3. The molecule has 0 atom stereocenters. The van der Waals surface area contributed by atoms with Crippen LogP contribution in [0.2, 0.25) is 0 Å². The predicted octanol–water partition coefficient (Wildman–Crippen LogP) is 2.82. The quantitative estimate of drug-likeness (QED) is 0.224. The van der Waals surface area contributed by atoms with E-state index in [0.717, 1.165) is 43.1 Å². The molecule has 1 saturated heterocycles. The van der Waals surface area contributed by atoms with Crippen LogP contribution < -0.4 is 25.5 Å². The van der Waals surface area contributed by atoms with E-state index >= 15 is 0 Å². The molecule has 2 aliphatic heterocycles. The number of benzene rings is 1. The summed E-state index contributed by atoms with van der Waals surface area (Å²) in [6.45, 7) is 11.9. The number of nitrogens with one attached hydrogen (secondary N) is 2. The third kappa shape index (κ3) is 6.63. The molecule has 43 heavy (non-hydrogen) atoms. The van der Waals surface area contributed by atoms with Crippen molar-refractivity contribution in [3.05, 3.63) is 70.7 Å². The molecule has 13 nitrogen and oxygen atoms in total. The smallest absolute Gasteiger partial charge is 0.229 e. The van der Waals surface area contributed by atoms with Crippen molar-refractivity contribution < 1.29 is 14.7 Å². The molecule has 0 bridgehead atoms. The Morgan fingerprint density at radius 2 is 2.05 bits per heavy atom. The lowest BCUT2D eigenvalue weighted by Crippen LogP contribution is -2.44. The fraction of sp³-hybridized carbons (Fsp3) is 0.400. The van der Waals surface area contributed by atoms with Gasteiger partial charge >= 0.3 is 0 Å². The molecule has 0 unspecified atom stereocenters. The van der Waals surface area contributed by atoms with Gasteiger partial charge in [0.2, 0.25) is 17.5 Å². The van der Waals surface area contributed by atoms with Crippen LogP contribution in [0.4, 0.5) is 29.0 Å². The van der Waals surface area contributed by atoms with Crippen LogP contribution in [0.5, 0.6) is 5.75 Å². The summed E-state index contributed by atoms with van der Waals surface area (Å²) >= 11 is 0. The SMILES string of the molecule is C=CCN1Oc2cnc(Nc3ccc(N4CCN(C)CC4)c(COCCO)c3)nc2N1c1cc(=O)cc(C(C)(C)C#N)[nH]1. The van der Waals surface area contributed by atoms with Crippen molar-refractivity contribution in [2.24, 2.45) is 0 Å². The van der Waals surface area contributed by atoms with E-state index < -0.39 is 5.41 Å². The molecule has 1 fully saturated rings. The van der Waals surface area contributed by atoms with Crippen molar-refractivity contribution in [3.8, 4) is 11.8 Å². The Kier molecular flexibility index (Phi) is 8.93. The summed E-state index contributed by atoms with van der Waals surface area (Å²) in [5, 5.41) is 25.3. The van der Waals surface area contributed by atoms with E-state index in [1.54, 1.807) is 31.1 Å². The van der Waals surface area contributed by atoms with E-state index in [2.05, 4.69) is 50.8 Å². The highest BCUT2D eigenvalue weighted by atomic mass is 16.7. The van der Waals surface area contributed by atoms with Gasteiger partial charge in [-0.2, -0.15) is 10.2 Å². The number of pyridine rings is 1. The summed E-state index contributed by atoms with van der Waals surface area (Å²) in [6, 6.07) is 11.1. The normalized spacial score (nSPS) is 15.6. The van der Waals surface area contributed by atoms with Crippen LogP contribution in [-0.2, 0) is 16.8 Å². The number of aliphatic hydroxyl groups is 1. The van der Waals surface area contributed by atoms with E-state index in [1.807, 2.05) is 12.1 Å². The number of ether oxygens (including phenoxy) is 1. The highest BCUT2D eigenvalue weighted by molar-refractivity contribution is 5.68. The van der Waals surface area contributed by atoms with Gasteiger partial charge in [-0.1, -0.05) is 6.08 Å². The number of H-pyrrole nitrogens is 1. The number of aromatic nitrogens is 3. The Balaban J connectivity index is 1.46. The molecule has 4 heterocycles. The molecule has 2 aromatic heterocycles. The molecule has 0 aliphatic carbocycles. The number of aromatic amines is 1. The van der Waals surface area contributed by atoms with Crippen LogP contribution in [0.25, 0.3) is 0 Å². The number of piperazine rings is 1. The first-order valence-electron chi connectivity index (χ1n) is 14.1. The predicted molar refractivity (Wildman–Crippen MR) is 164 cm³/mol. The fourth-order valence-corrected chi connectivity index (χ4v) is 4.91. The second kappa shape index (κ2) is 12.8. The first kappa shape index (κ1) is 30.0. The zero-order valence-electron chi connectivity index (χ0n) is 24.7. The summed E-state index contributed by atoms with van der Waals surface area (Å²) in [6.07, 6.45) is 3.22. The van der Waals surface area contributed by atoms with Gasteiger partial charge in [-0.25, -0.2) is 9.99 Å². The number of hydroxylamine groups is 1. The molecule has 0 saturated carbocycles. The Labute approximate surface area is 250 Å². The van der Waals surface area contributed by atoms with Crippen LogP contribution in [0.3, 0.4) is 0 Å². The maximum Gasteiger partial charge on any atom is 0.229 e. The minimum absolute atomic E-state index is 0.0472. The lowest BCUT2D eigenvalue weighted by atomic mass is 9.91. The van der Waals surface area contributed by atoms with E-state index in [4.69, 9.17) is 14.6 Å². The van der Waals surface area contributed by atoms with Gasteiger partial charge in [-0.3, -0.25) is 4.79 Å². The monoisotopic (exact) mass is 587 g/mol. The molecule has 226 valence electrons. The highest BCUT2D eigenvalue weighted by Gasteiger charge is 2.34. The number of nitriles is 1. The molecule has 2 aliphatic rings. The molecule has 0 radical (unpaired) electrons. The van der Waals surface area contributed by atoms with Gasteiger partial charge < -0.3 is 34.8 Å². The average Bonchev–Trinajstić information content (AvgIpc) is 3.35. The largest absolute Gasteiger partial charge is 0.394 e. The second-order valence-electron chi connectivity index (χ2n) is 11.0. The number of fused-ring (bicyclic) bond motifs is 1. The number of anilines is 5. The van der Waals surface area contributed by atoms with Crippen molar-refractivity contribution in [1.82, 2.24) is 25.0 Å². The molecule has 0 amide bonds. The standard InChI is InChI=1S/C30H37N9O4/c1-5-8-38-39(27-17-23(41)16-26(34-27)30(2,3)20-31)28-25(43-38)18-32-29(35-28)33-22-6-7-24(21(15-22)19-42-14-13-40)37-11-9-36(4)10-12-37/h5-7,15-18,40H,1,8-14,19H2,2-4H3,(H,34,41)(H,32,33,35). The Hall–Kier alpha value is -4.48. The third-order valence-corrected chi connectivity index (χ3v) is 7.33. The molecular weight excluding hydrogens is 550 g/mol. The van der Waals surface area contributed by atoms with Crippen LogP contribution >= 0.6 is 0 Å². The zero-order chi connectivity index (χ0) is 30.6. The topological polar surface area (TPSA) is 146 Å². The molecule has 1 aromatic carbocycles. The lowest BCUT2D eigenvalue weighted by Gasteiger charge is -2.35. The number of aliphatic hydroxyl groups excluding tert-OH is 1. The minimum Gasteiger partial charge on any atom is -0.394 e. The van der Waals surface area contributed by atoms with Gasteiger partial charge in [0.1, 0.15) is 5.82 Å². The van der Waals surface area contributed by atoms with E-state index in [0.29, 0.717) is 35.6 Å². The maximum atomic E-state index is 12.7. The number of nitrogens with zero attached hydrogens (tertiary/aromatic N) is 7. The van der Waals surface area contributed by atoms with Gasteiger partial charge in [0.25, 0.3) is 0 Å². The van der Waals surface area contributed by atoms with Crippen molar-refractivity contribution in [2.45, 2.75) is 25.9 Å². The van der Waals surface area contributed by atoms with Crippen molar-refractivity contribution in [2.75, 3.05) is 68.2 Å². The summed E-state index contributed by atoms with van der Waals surface area (Å²) < 4.78 is 5.70. The number of hydrogen-bond acceptors (Lipinski definition) is 12. The van der Waals surface area contributed by atoms with Crippen LogP contribution in [-0.4, -0.2) is 83.1 Å². The lowest BCUT2D eigenvalue weighted by molar-refractivity contribution is -0.0269. The van der Waals surface area contributed by atoms with Gasteiger partial charge in [0, 0.05) is 60.9 Å².